The highest BCUT2D eigenvalue weighted by Gasteiger charge is 2.29. The Balaban J connectivity index is 1.52. The lowest BCUT2D eigenvalue weighted by atomic mass is 10.2. The van der Waals surface area contributed by atoms with Crippen LogP contribution in [0.4, 0.5) is 11.4 Å². The van der Waals surface area contributed by atoms with E-state index < -0.39 is 10.2 Å². The molecule has 0 aliphatic carbocycles. The van der Waals surface area contributed by atoms with Crippen molar-refractivity contribution in [2.45, 2.75) is 12.8 Å². The molecule has 2 amide bonds. The van der Waals surface area contributed by atoms with Gasteiger partial charge in [0, 0.05) is 64.6 Å². The monoisotopic (exact) mass is 409 g/mol. The molecular formula is C18H27N5O4S. The minimum atomic E-state index is -3.41. The molecule has 2 fully saturated rings. The number of hydrogen-bond donors (Lipinski definition) is 1. The molecule has 3 rings (SSSR count). The molecule has 1 N–H and O–H groups in total. The third-order valence-electron chi connectivity index (χ3n) is 5.00. The van der Waals surface area contributed by atoms with Crippen molar-refractivity contribution in [3.05, 3.63) is 24.3 Å². The van der Waals surface area contributed by atoms with Gasteiger partial charge in [-0.25, -0.2) is 0 Å². The van der Waals surface area contributed by atoms with E-state index in [4.69, 9.17) is 0 Å². The predicted molar refractivity (Wildman–Crippen MR) is 107 cm³/mol. The molecule has 0 radical (unpaired) electrons. The summed E-state index contributed by atoms with van der Waals surface area (Å²) < 4.78 is 26.9. The van der Waals surface area contributed by atoms with E-state index in [9.17, 15) is 18.0 Å². The summed E-state index contributed by atoms with van der Waals surface area (Å²) >= 11 is 0. The first-order valence-electron chi connectivity index (χ1n) is 9.37. The lowest BCUT2D eigenvalue weighted by Gasteiger charge is -2.34. The SMILES string of the molecule is CN(C)S(=O)(=O)N1CCN(CC(=O)Nc2cccc(N3CCCC3=O)c2)CC1. The van der Waals surface area contributed by atoms with Crippen LogP contribution in [0.1, 0.15) is 12.8 Å². The van der Waals surface area contributed by atoms with Gasteiger partial charge in [-0.05, 0) is 24.6 Å². The summed E-state index contributed by atoms with van der Waals surface area (Å²) in [6.45, 7) is 2.63. The average molecular weight is 410 g/mol. The van der Waals surface area contributed by atoms with Crippen molar-refractivity contribution in [3.8, 4) is 0 Å². The normalized spacial score (nSPS) is 19.4. The molecule has 0 bridgehead atoms. The van der Waals surface area contributed by atoms with Crippen LogP contribution in [-0.2, 0) is 19.8 Å². The van der Waals surface area contributed by atoms with E-state index >= 15 is 0 Å². The Morgan fingerprint density at radius 1 is 1.14 bits per heavy atom. The van der Waals surface area contributed by atoms with Crippen LogP contribution in [0, 0.1) is 0 Å². The second kappa shape index (κ2) is 8.56. The zero-order chi connectivity index (χ0) is 20.3. The highest BCUT2D eigenvalue weighted by Crippen LogP contribution is 2.24. The smallest absolute Gasteiger partial charge is 0.281 e. The van der Waals surface area contributed by atoms with Crippen LogP contribution in [0.3, 0.4) is 0 Å². The van der Waals surface area contributed by atoms with E-state index in [1.807, 2.05) is 23.1 Å². The molecule has 2 aliphatic heterocycles. The van der Waals surface area contributed by atoms with E-state index in [2.05, 4.69) is 5.32 Å². The van der Waals surface area contributed by atoms with Crippen LogP contribution >= 0.6 is 0 Å². The van der Waals surface area contributed by atoms with Gasteiger partial charge in [0.05, 0.1) is 6.54 Å². The topological polar surface area (TPSA) is 93.3 Å². The number of piperazine rings is 1. The van der Waals surface area contributed by atoms with E-state index in [0.29, 0.717) is 44.8 Å². The average Bonchev–Trinajstić information content (AvgIpc) is 3.08. The predicted octanol–water partition coefficient (Wildman–Crippen LogP) is 0.176. The van der Waals surface area contributed by atoms with Crippen molar-refractivity contribution in [3.63, 3.8) is 0 Å². The van der Waals surface area contributed by atoms with Crippen molar-refractivity contribution in [2.24, 2.45) is 0 Å². The summed E-state index contributed by atoms with van der Waals surface area (Å²) in [5.74, 6) is -0.0529. The molecule has 2 saturated heterocycles. The molecule has 2 aliphatic rings. The Kier molecular flexibility index (Phi) is 6.33. The molecule has 1 aromatic carbocycles. The summed E-state index contributed by atoms with van der Waals surface area (Å²) in [7, 11) is -0.385. The molecule has 154 valence electrons. The Morgan fingerprint density at radius 3 is 2.46 bits per heavy atom. The number of amides is 2. The number of carbonyl (C=O) groups is 2. The Bertz CT molecular complexity index is 834. The second-order valence-electron chi connectivity index (χ2n) is 7.21. The van der Waals surface area contributed by atoms with Crippen LogP contribution in [0.5, 0.6) is 0 Å². The van der Waals surface area contributed by atoms with Gasteiger partial charge in [0.15, 0.2) is 0 Å². The van der Waals surface area contributed by atoms with Gasteiger partial charge >= 0.3 is 0 Å². The zero-order valence-corrected chi connectivity index (χ0v) is 17.1. The minimum absolute atomic E-state index is 0.106. The molecule has 28 heavy (non-hydrogen) atoms. The van der Waals surface area contributed by atoms with Gasteiger partial charge in [-0.15, -0.1) is 0 Å². The number of rotatable bonds is 6. The van der Waals surface area contributed by atoms with Gasteiger partial charge in [0.25, 0.3) is 10.2 Å². The fourth-order valence-corrected chi connectivity index (χ4v) is 4.51. The fourth-order valence-electron chi connectivity index (χ4n) is 3.43. The minimum Gasteiger partial charge on any atom is -0.325 e. The van der Waals surface area contributed by atoms with E-state index in [1.54, 1.807) is 11.0 Å². The Labute approximate surface area is 166 Å². The molecule has 2 heterocycles. The number of benzene rings is 1. The fraction of sp³-hybridized carbons (Fsp3) is 0.556. The molecular weight excluding hydrogens is 382 g/mol. The summed E-state index contributed by atoms with van der Waals surface area (Å²) in [6, 6.07) is 7.29. The molecule has 0 saturated carbocycles. The standard InChI is InChI=1S/C18H27N5O4S/c1-20(2)28(26,27)22-11-9-21(10-12-22)14-17(24)19-15-5-3-6-16(13-15)23-8-4-7-18(23)25/h3,5-6,13H,4,7-12,14H2,1-2H3,(H,19,24). The first-order valence-corrected chi connectivity index (χ1v) is 10.8. The van der Waals surface area contributed by atoms with Crippen molar-refractivity contribution < 1.29 is 18.0 Å². The van der Waals surface area contributed by atoms with E-state index in [-0.39, 0.29) is 18.4 Å². The lowest BCUT2D eigenvalue weighted by Crippen LogP contribution is -2.52. The van der Waals surface area contributed by atoms with Crippen molar-refractivity contribution in [1.29, 1.82) is 0 Å². The molecule has 0 atom stereocenters. The quantitative estimate of drug-likeness (QED) is 0.723. The van der Waals surface area contributed by atoms with Crippen molar-refractivity contribution in [2.75, 3.05) is 63.6 Å². The first kappa shape index (κ1) is 20.7. The zero-order valence-electron chi connectivity index (χ0n) is 16.3. The number of hydrogen-bond acceptors (Lipinski definition) is 5. The number of carbonyl (C=O) groups excluding carboxylic acids is 2. The van der Waals surface area contributed by atoms with Gasteiger partial charge in [-0.3, -0.25) is 14.5 Å². The molecule has 9 nitrogen and oxygen atoms in total. The molecule has 1 aromatic rings. The van der Waals surface area contributed by atoms with Gasteiger partial charge in [0.2, 0.25) is 11.8 Å². The van der Waals surface area contributed by atoms with Crippen LogP contribution < -0.4 is 10.2 Å². The summed E-state index contributed by atoms with van der Waals surface area (Å²) in [6.07, 6.45) is 1.41. The molecule has 0 spiro atoms. The third-order valence-corrected chi connectivity index (χ3v) is 6.94. The van der Waals surface area contributed by atoms with Gasteiger partial charge in [0.1, 0.15) is 0 Å². The summed E-state index contributed by atoms with van der Waals surface area (Å²) in [4.78, 5) is 28.0. The Morgan fingerprint density at radius 2 is 1.86 bits per heavy atom. The van der Waals surface area contributed by atoms with Gasteiger partial charge < -0.3 is 10.2 Å². The Hall–Kier alpha value is -2.01. The van der Waals surface area contributed by atoms with Crippen LogP contribution in [0.25, 0.3) is 0 Å². The van der Waals surface area contributed by atoms with Crippen LogP contribution in [-0.4, -0.2) is 87.1 Å². The van der Waals surface area contributed by atoms with Gasteiger partial charge in [-0.1, -0.05) is 6.07 Å². The largest absolute Gasteiger partial charge is 0.325 e. The van der Waals surface area contributed by atoms with Crippen molar-refractivity contribution in [1.82, 2.24) is 13.5 Å². The van der Waals surface area contributed by atoms with Crippen LogP contribution in [0.2, 0.25) is 0 Å². The molecule has 0 unspecified atom stereocenters. The molecule has 10 heteroatoms. The highest BCUT2D eigenvalue weighted by molar-refractivity contribution is 7.86. The lowest BCUT2D eigenvalue weighted by molar-refractivity contribution is -0.118. The maximum Gasteiger partial charge on any atom is 0.281 e. The van der Waals surface area contributed by atoms with Crippen molar-refractivity contribution >= 4 is 33.4 Å². The van der Waals surface area contributed by atoms with Crippen LogP contribution in [0.15, 0.2) is 24.3 Å². The maximum atomic E-state index is 12.4. The first-order chi connectivity index (χ1) is 13.3. The number of anilines is 2. The molecule has 0 aromatic heterocycles. The third kappa shape index (κ3) is 4.69. The summed E-state index contributed by atoms with van der Waals surface area (Å²) in [5, 5.41) is 2.87. The van der Waals surface area contributed by atoms with Gasteiger partial charge in [-0.2, -0.15) is 17.0 Å². The van der Waals surface area contributed by atoms with E-state index in [0.717, 1.165) is 12.1 Å². The maximum absolute atomic E-state index is 12.4. The summed E-state index contributed by atoms with van der Waals surface area (Å²) in [5.41, 5.74) is 1.44. The number of nitrogens with one attached hydrogen (secondary N) is 1. The number of nitrogens with zero attached hydrogens (tertiary/aromatic N) is 4. The van der Waals surface area contributed by atoms with E-state index in [1.165, 1.54) is 22.7 Å². The second-order valence-corrected chi connectivity index (χ2v) is 9.36. The highest BCUT2D eigenvalue weighted by atomic mass is 32.2.